The Hall–Kier alpha value is -3.08. The van der Waals surface area contributed by atoms with Gasteiger partial charge in [-0.2, -0.15) is 0 Å². The molecule has 2 N–H and O–H groups in total. The normalized spacial score (nSPS) is 15.8. The Labute approximate surface area is 171 Å². The third-order valence-corrected chi connectivity index (χ3v) is 5.89. The first kappa shape index (κ1) is 19.2. The summed E-state index contributed by atoms with van der Waals surface area (Å²) in [6, 6.07) is 13.3. The predicted octanol–water partition coefficient (Wildman–Crippen LogP) is 3.92. The lowest BCUT2D eigenvalue weighted by Gasteiger charge is -2.19. The lowest BCUT2D eigenvalue weighted by Crippen LogP contribution is -2.26. The molecule has 1 heterocycles. The monoisotopic (exact) mass is 389 g/mol. The van der Waals surface area contributed by atoms with Gasteiger partial charge in [-0.05, 0) is 66.6 Å². The van der Waals surface area contributed by atoms with Crippen LogP contribution in [0.15, 0.2) is 42.5 Å². The molecule has 150 valence electrons. The Bertz CT molecular complexity index is 1070. The van der Waals surface area contributed by atoms with Gasteiger partial charge in [0.05, 0.1) is 0 Å². The molecule has 0 aliphatic heterocycles. The van der Waals surface area contributed by atoms with Crippen molar-refractivity contribution < 1.29 is 9.59 Å². The molecule has 1 atom stereocenters. The highest BCUT2D eigenvalue weighted by Gasteiger charge is 2.21. The van der Waals surface area contributed by atoms with E-state index in [9.17, 15) is 9.59 Å². The average molecular weight is 389 g/mol. The minimum Gasteiger partial charge on any atom is -0.358 e. The van der Waals surface area contributed by atoms with Crippen LogP contribution in [-0.4, -0.2) is 35.8 Å². The summed E-state index contributed by atoms with van der Waals surface area (Å²) in [7, 11) is 3.43. The Kier molecular flexibility index (Phi) is 5.14. The van der Waals surface area contributed by atoms with E-state index in [4.69, 9.17) is 0 Å². The number of aryl methyl sites for hydroxylation is 1. The van der Waals surface area contributed by atoms with Gasteiger partial charge in [-0.15, -0.1) is 0 Å². The molecular weight excluding hydrogens is 362 g/mol. The van der Waals surface area contributed by atoms with Crippen molar-refractivity contribution in [2.24, 2.45) is 5.92 Å². The zero-order valence-electron chi connectivity index (χ0n) is 17.2. The molecule has 1 aliphatic carbocycles. The molecule has 0 spiro atoms. The fraction of sp³-hybridized carbons (Fsp3) is 0.333. The van der Waals surface area contributed by atoms with Crippen molar-refractivity contribution >= 4 is 22.7 Å². The summed E-state index contributed by atoms with van der Waals surface area (Å²) in [5.41, 5.74) is 6.13. The molecule has 0 saturated carbocycles. The first-order valence-electron chi connectivity index (χ1n) is 10.2. The summed E-state index contributed by atoms with van der Waals surface area (Å²) < 4.78 is 0. The summed E-state index contributed by atoms with van der Waals surface area (Å²) in [6.45, 7) is 2.78. The molecule has 1 aliphatic rings. The molecule has 1 aromatic heterocycles. The largest absolute Gasteiger partial charge is 0.358 e. The van der Waals surface area contributed by atoms with Crippen LogP contribution in [0.2, 0.25) is 0 Å². The van der Waals surface area contributed by atoms with Gasteiger partial charge >= 0.3 is 0 Å². The number of aromatic amines is 1. The highest BCUT2D eigenvalue weighted by atomic mass is 16.2. The number of amides is 2. The molecule has 4 rings (SSSR count). The molecule has 0 saturated heterocycles. The number of fused-ring (bicyclic) bond motifs is 3. The van der Waals surface area contributed by atoms with Crippen molar-refractivity contribution in [3.63, 3.8) is 0 Å². The van der Waals surface area contributed by atoms with Crippen LogP contribution in [0, 0.1) is 5.92 Å². The lowest BCUT2D eigenvalue weighted by molar-refractivity contribution is 0.0784. The van der Waals surface area contributed by atoms with Gasteiger partial charge in [-0.1, -0.05) is 19.1 Å². The second-order valence-electron chi connectivity index (χ2n) is 8.13. The van der Waals surface area contributed by atoms with Crippen molar-refractivity contribution in [3.05, 3.63) is 70.4 Å². The maximum absolute atomic E-state index is 13.0. The average Bonchev–Trinajstić information content (AvgIpc) is 3.10. The van der Waals surface area contributed by atoms with Crippen molar-refractivity contribution in [2.45, 2.75) is 32.7 Å². The van der Waals surface area contributed by atoms with Crippen LogP contribution < -0.4 is 5.32 Å². The van der Waals surface area contributed by atoms with E-state index < -0.39 is 0 Å². The van der Waals surface area contributed by atoms with E-state index >= 15 is 0 Å². The van der Waals surface area contributed by atoms with Gasteiger partial charge in [-0.3, -0.25) is 9.59 Å². The number of carbonyl (C=O) groups excluding carboxylic acids is 2. The predicted molar refractivity (Wildman–Crippen MR) is 115 cm³/mol. The summed E-state index contributed by atoms with van der Waals surface area (Å²) in [4.78, 5) is 29.9. The minimum atomic E-state index is -0.113. The fourth-order valence-corrected chi connectivity index (χ4v) is 4.20. The summed E-state index contributed by atoms with van der Waals surface area (Å²) in [5, 5.41) is 3.79. The summed E-state index contributed by atoms with van der Waals surface area (Å²) in [6.07, 6.45) is 3.37. The van der Waals surface area contributed by atoms with Crippen molar-refractivity contribution in [1.29, 1.82) is 0 Å². The highest BCUT2D eigenvalue weighted by Crippen LogP contribution is 2.32. The molecule has 2 aromatic carbocycles. The van der Waals surface area contributed by atoms with Crippen molar-refractivity contribution in [3.8, 4) is 0 Å². The quantitative estimate of drug-likeness (QED) is 0.710. The van der Waals surface area contributed by atoms with Gasteiger partial charge in [0.2, 0.25) is 0 Å². The number of carbonyl (C=O) groups is 2. The molecular formula is C24H27N3O2. The maximum atomic E-state index is 13.0. The first-order chi connectivity index (χ1) is 14.0. The van der Waals surface area contributed by atoms with Crippen LogP contribution in [0.4, 0.5) is 0 Å². The smallest absolute Gasteiger partial charge is 0.253 e. The van der Waals surface area contributed by atoms with Crippen LogP contribution in [-0.2, 0) is 19.4 Å². The number of H-pyrrole nitrogens is 1. The zero-order valence-corrected chi connectivity index (χ0v) is 17.2. The van der Waals surface area contributed by atoms with E-state index in [1.54, 1.807) is 24.1 Å². The second kappa shape index (κ2) is 7.74. The Morgan fingerprint density at radius 2 is 1.86 bits per heavy atom. The maximum Gasteiger partial charge on any atom is 0.253 e. The van der Waals surface area contributed by atoms with Gasteiger partial charge in [0.1, 0.15) is 0 Å². The van der Waals surface area contributed by atoms with Gasteiger partial charge in [0, 0.05) is 48.4 Å². The van der Waals surface area contributed by atoms with Crippen LogP contribution in [0.25, 0.3) is 10.9 Å². The number of rotatable bonds is 4. The van der Waals surface area contributed by atoms with Crippen LogP contribution in [0.5, 0.6) is 0 Å². The first-order valence-corrected chi connectivity index (χ1v) is 10.2. The molecule has 0 unspecified atom stereocenters. The van der Waals surface area contributed by atoms with Crippen LogP contribution >= 0.6 is 0 Å². The Balaban J connectivity index is 1.53. The van der Waals surface area contributed by atoms with E-state index in [2.05, 4.69) is 17.2 Å². The SMILES string of the molecule is CNC(=O)c1ccc(CN(C)C(=O)c2ccc3[nH]c4c(c3c2)C[C@@H](C)CC4)cc1. The molecule has 5 heteroatoms. The molecule has 0 radical (unpaired) electrons. The van der Waals surface area contributed by atoms with Gasteiger partial charge < -0.3 is 15.2 Å². The summed E-state index contributed by atoms with van der Waals surface area (Å²) in [5.74, 6) is 0.570. The van der Waals surface area contributed by atoms with E-state index in [0.717, 1.165) is 23.9 Å². The number of benzene rings is 2. The third-order valence-electron chi connectivity index (χ3n) is 5.89. The number of hydrogen-bond donors (Lipinski definition) is 2. The third kappa shape index (κ3) is 3.77. The van der Waals surface area contributed by atoms with Gasteiger partial charge in [-0.25, -0.2) is 0 Å². The molecule has 3 aromatic rings. The highest BCUT2D eigenvalue weighted by molar-refractivity contribution is 5.99. The van der Waals surface area contributed by atoms with Crippen LogP contribution in [0.1, 0.15) is 50.9 Å². The molecule has 2 amide bonds. The zero-order chi connectivity index (χ0) is 20.5. The number of hydrogen-bond acceptors (Lipinski definition) is 2. The topological polar surface area (TPSA) is 65.2 Å². The standard InChI is InChI=1S/C24H27N3O2/c1-15-4-10-21-19(12-15)20-13-18(9-11-22(20)26-21)24(29)27(3)14-16-5-7-17(8-6-16)23(28)25-2/h5-9,11,13,15,26H,4,10,12,14H2,1-3H3,(H,25,28)/t15-/m0/s1. The van der Waals surface area contributed by atoms with Gasteiger partial charge in [0.15, 0.2) is 0 Å². The van der Waals surface area contributed by atoms with E-state index in [0.29, 0.717) is 23.6 Å². The Morgan fingerprint density at radius 3 is 2.59 bits per heavy atom. The Morgan fingerprint density at radius 1 is 1.14 bits per heavy atom. The molecule has 5 nitrogen and oxygen atoms in total. The van der Waals surface area contributed by atoms with E-state index in [1.165, 1.54) is 23.1 Å². The number of nitrogens with zero attached hydrogens (tertiary/aromatic N) is 1. The van der Waals surface area contributed by atoms with Gasteiger partial charge in [0.25, 0.3) is 11.8 Å². The van der Waals surface area contributed by atoms with E-state index in [-0.39, 0.29) is 11.8 Å². The summed E-state index contributed by atoms with van der Waals surface area (Å²) >= 11 is 0. The molecule has 0 bridgehead atoms. The second-order valence-corrected chi connectivity index (χ2v) is 8.13. The van der Waals surface area contributed by atoms with Crippen LogP contribution in [0.3, 0.4) is 0 Å². The minimum absolute atomic E-state index is 0.00101. The molecule has 0 fully saturated rings. The number of nitrogens with one attached hydrogen (secondary N) is 2. The van der Waals surface area contributed by atoms with Crippen molar-refractivity contribution in [2.75, 3.05) is 14.1 Å². The number of aromatic nitrogens is 1. The van der Waals surface area contributed by atoms with E-state index in [1.807, 2.05) is 37.4 Å². The molecule has 29 heavy (non-hydrogen) atoms. The fourth-order valence-electron chi connectivity index (χ4n) is 4.20. The lowest BCUT2D eigenvalue weighted by atomic mass is 9.87. The van der Waals surface area contributed by atoms with Crippen molar-refractivity contribution in [1.82, 2.24) is 15.2 Å².